The predicted molar refractivity (Wildman–Crippen MR) is 51.2 cm³/mol. The summed E-state index contributed by atoms with van der Waals surface area (Å²) in [5.41, 5.74) is 7.24. The Balaban J connectivity index is 2.94. The molecule has 1 aromatic carbocycles. The number of methoxy groups -OCH3 is 1. The molecular weight excluding hydrogens is 196 g/mol. The minimum atomic E-state index is -0.455. The van der Waals surface area contributed by atoms with Gasteiger partial charge in [0, 0.05) is 5.56 Å². The molecular formula is C10H9N2O3+. The molecule has 0 aliphatic heterocycles. The molecule has 15 heavy (non-hydrogen) atoms. The van der Waals surface area contributed by atoms with Crippen molar-refractivity contribution in [2.75, 3.05) is 7.11 Å². The number of ketones is 1. The first-order chi connectivity index (χ1) is 7.19. The molecule has 0 heterocycles. The highest BCUT2D eigenvalue weighted by atomic mass is 16.5. The third-order valence-corrected chi connectivity index (χ3v) is 1.77. The summed E-state index contributed by atoms with van der Waals surface area (Å²) in [6.45, 7) is 0. The smallest absolute Gasteiger partial charge is 0.377 e. The number of ether oxygens (including phenoxy) is 1. The van der Waals surface area contributed by atoms with Crippen molar-refractivity contribution in [3.8, 4) is 0 Å². The molecule has 0 saturated heterocycles. The first kappa shape index (κ1) is 10.8. The molecule has 5 nitrogen and oxygen atoms in total. The molecule has 0 spiro atoms. The number of hydrogen-bond donors (Lipinski definition) is 1. The minimum Gasteiger partial charge on any atom is -0.465 e. The zero-order valence-corrected chi connectivity index (χ0v) is 8.06. The Morgan fingerprint density at radius 1 is 1.27 bits per heavy atom. The molecule has 76 valence electrons. The number of nitrogens with zero attached hydrogens (tertiary/aromatic N) is 1. The molecule has 1 N–H and O–H groups in total. The van der Waals surface area contributed by atoms with E-state index in [1.807, 2.05) is 0 Å². The third-order valence-electron chi connectivity index (χ3n) is 1.77. The van der Waals surface area contributed by atoms with Gasteiger partial charge < -0.3 is 4.74 Å². The van der Waals surface area contributed by atoms with E-state index in [0.717, 1.165) is 6.21 Å². The lowest BCUT2D eigenvalue weighted by molar-refractivity contribution is -0.111. The summed E-state index contributed by atoms with van der Waals surface area (Å²) in [6, 6.07) is 5.93. The molecule has 0 atom stereocenters. The summed E-state index contributed by atoms with van der Waals surface area (Å²) in [7, 11) is 1.29. The first-order valence-electron chi connectivity index (χ1n) is 4.11. The molecule has 1 aromatic rings. The van der Waals surface area contributed by atoms with E-state index in [0.29, 0.717) is 11.1 Å². The van der Waals surface area contributed by atoms with Crippen molar-refractivity contribution in [3.63, 3.8) is 0 Å². The number of hydrogen-bond acceptors (Lipinski definition) is 4. The van der Waals surface area contributed by atoms with Gasteiger partial charge in [-0.15, -0.1) is 0 Å². The zero-order chi connectivity index (χ0) is 11.3. The van der Waals surface area contributed by atoms with Gasteiger partial charge in [0.25, 0.3) is 5.78 Å². The van der Waals surface area contributed by atoms with E-state index in [1.54, 1.807) is 0 Å². The van der Waals surface area contributed by atoms with Gasteiger partial charge in [0.15, 0.2) is 0 Å². The molecule has 0 radical (unpaired) electrons. The summed E-state index contributed by atoms with van der Waals surface area (Å²) in [6.07, 6.45) is 0.896. The Labute approximate surface area is 85.9 Å². The Kier molecular flexibility index (Phi) is 3.49. The van der Waals surface area contributed by atoms with Crippen molar-refractivity contribution in [2.45, 2.75) is 0 Å². The summed E-state index contributed by atoms with van der Waals surface area (Å²) in [5, 5.41) is 0. The third kappa shape index (κ3) is 2.59. The lowest BCUT2D eigenvalue weighted by Crippen LogP contribution is -2.04. The van der Waals surface area contributed by atoms with E-state index >= 15 is 0 Å². The van der Waals surface area contributed by atoms with Crippen LogP contribution < -0.4 is 0 Å². The largest absolute Gasteiger partial charge is 0.465 e. The van der Waals surface area contributed by atoms with Crippen molar-refractivity contribution in [2.24, 2.45) is 0 Å². The summed E-state index contributed by atoms with van der Waals surface area (Å²) < 4.78 is 4.50. The predicted octanol–water partition coefficient (Wildman–Crippen LogP) is 0.966. The number of esters is 1. The van der Waals surface area contributed by atoms with Gasteiger partial charge in [0.2, 0.25) is 0 Å². The first-order valence-corrected chi connectivity index (χ1v) is 4.11. The quantitative estimate of drug-likeness (QED) is 0.262. The van der Waals surface area contributed by atoms with Crippen LogP contribution in [-0.4, -0.2) is 29.9 Å². The number of carbonyl (C=O) groups is 2. The van der Waals surface area contributed by atoms with Crippen molar-refractivity contribution in [1.29, 1.82) is 5.53 Å². The maximum absolute atomic E-state index is 11.2. The van der Waals surface area contributed by atoms with Crippen LogP contribution in [0.3, 0.4) is 0 Å². The van der Waals surface area contributed by atoms with Gasteiger partial charge in [-0.25, -0.2) is 4.79 Å². The van der Waals surface area contributed by atoms with Crippen LogP contribution in [0, 0.1) is 5.53 Å². The molecule has 0 aliphatic carbocycles. The lowest BCUT2D eigenvalue weighted by Gasteiger charge is -1.98. The highest BCUT2D eigenvalue weighted by Crippen LogP contribution is 2.05. The van der Waals surface area contributed by atoms with Crippen LogP contribution in [0.25, 0.3) is 0 Å². The van der Waals surface area contributed by atoms with E-state index in [1.165, 1.54) is 31.4 Å². The van der Waals surface area contributed by atoms with E-state index in [4.69, 9.17) is 5.53 Å². The van der Waals surface area contributed by atoms with Crippen molar-refractivity contribution < 1.29 is 19.1 Å². The van der Waals surface area contributed by atoms with Crippen LogP contribution in [0.4, 0.5) is 0 Å². The highest BCUT2D eigenvalue weighted by Gasteiger charge is 2.10. The van der Waals surface area contributed by atoms with Gasteiger partial charge in [-0.3, -0.25) is 4.79 Å². The molecule has 0 aliphatic rings. The second-order valence-corrected chi connectivity index (χ2v) is 2.69. The molecule has 0 aromatic heterocycles. The molecule has 5 heteroatoms. The van der Waals surface area contributed by atoms with E-state index < -0.39 is 5.97 Å². The molecule has 0 bridgehead atoms. The van der Waals surface area contributed by atoms with Crippen LogP contribution in [0.1, 0.15) is 20.7 Å². The molecule has 0 amide bonds. The van der Waals surface area contributed by atoms with Crippen molar-refractivity contribution in [1.82, 2.24) is 0 Å². The maximum atomic E-state index is 11.2. The summed E-state index contributed by atoms with van der Waals surface area (Å²) in [4.78, 5) is 25.1. The normalized spacial score (nSPS) is 8.87. The maximum Gasteiger partial charge on any atom is 0.377 e. The summed E-state index contributed by atoms with van der Waals surface area (Å²) >= 11 is 0. The van der Waals surface area contributed by atoms with E-state index in [2.05, 4.69) is 9.53 Å². The highest BCUT2D eigenvalue weighted by molar-refractivity contribution is 6.33. The second kappa shape index (κ2) is 4.83. The number of Topliss-reactive ketones (excluding diaryl/α,β-unsaturated/α-hetero) is 1. The number of carbonyl (C=O) groups excluding carboxylic acids is 2. The molecule has 0 unspecified atom stereocenters. The number of rotatable bonds is 3. The van der Waals surface area contributed by atoms with Crippen LogP contribution in [-0.2, 0) is 4.74 Å². The minimum absolute atomic E-state index is 0.372. The van der Waals surface area contributed by atoms with Gasteiger partial charge in [0.05, 0.1) is 23.0 Å². The average Bonchev–Trinajstić information content (AvgIpc) is 2.28. The molecule has 1 rings (SSSR count). The van der Waals surface area contributed by atoms with Gasteiger partial charge in [-0.1, -0.05) is 0 Å². The average molecular weight is 205 g/mol. The van der Waals surface area contributed by atoms with Crippen LogP contribution >= 0.6 is 0 Å². The monoisotopic (exact) mass is 205 g/mol. The fraction of sp³-hybridized carbons (Fsp3) is 0.100. The lowest BCUT2D eigenvalue weighted by atomic mass is 10.1. The number of nitrogens with one attached hydrogen (secondary N) is 1. The Morgan fingerprint density at radius 2 is 1.80 bits per heavy atom. The summed E-state index contributed by atoms with van der Waals surface area (Å²) in [5.74, 6) is -0.829. The molecule has 0 saturated carbocycles. The fourth-order valence-corrected chi connectivity index (χ4v) is 1.02. The van der Waals surface area contributed by atoms with Gasteiger partial charge in [0.1, 0.15) is 0 Å². The van der Waals surface area contributed by atoms with Crippen LogP contribution in [0.2, 0.25) is 0 Å². The standard InChI is InChI=1S/C10H9N2O3/c1-15-10(14)8-4-2-7(3-5-8)9(13)6-12-11/h2-6,11H,1H3/q+1. The Bertz CT molecular complexity index is 430. The Hall–Kier alpha value is -2.26. The fourth-order valence-electron chi connectivity index (χ4n) is 1.02. The number of benzene rings is 1. The van der Waals surface area contributed by atoms with Gasteiger partial charge in [-0.05, 0) is 24.3 Å². The molecule has 0 fully saturated rings. The van der Waals surface area contributed by atoms with Crippen molar-refractivity contribution in [3.05, 3.63) is 35.4 Å². The van der Waals surface area contributed by atoms with E-state index in [9.17, 15) is 9.59 Å². The van der Waals surface area contributed by atoms with Crippen molar-refractivity contribution >= 4 is 18.0 Å². The second-order valence-electron chi connectivity index (χ2n) is 2.69. The Morgan fingerprint density at radius 3 is 2.27 bits per heavy atom. The van der Waals surface area contributed by atoms with Gasteiger partial charge in [-0.2, -0.15) is 0 Å². The topological polar surface area (TPSA) is 81.3 Å². The van der Waals surface area contributed by atoms with Crippen LogP contribution in [0.15, 0.2) is 24.3 Å². The van der Waals surface area contributed by atoms with Gasteiger partial charge >= 0.3 is 12.2 Å². The SMILES string of the molecule is COC(=O)c1ccc(C(=O)C=[N+]=N)cc1. The van der Waals surface area contributed by atoms with E-state index in [-0.39, 0.29) is 5.78 Å². The zero-order valence-electron chi connectivity index (χ0n) is 8.06. The van der Waals surface area contributed by atoms with Crippen LogP contribution in [0.5, 0.6) is 0 Å².